The molecule has 6 aromatic heterocycles. The summed E-state index contributed by atoms with van der Waals surface area (Å²) in [5, 5.41) is 23.6. The summed E-state index contributed by atoms with van der Waals surface area (Å²) in [6.07, 6.45) is 3.76. The number of hydrogen-bond acceptors (Lipinski definition) is 12. The predicted octanol–water partition coefficient (Wildman–Crippen LogP) is 7.61. The van der Waals surface area contributed by atoms with E-state index in [1.54, 1.807) is 27.2 Å². The first-order valence-corrected chi connectivity index (χ1v) is 18.4. The van der Waals surface area contributed by atoms with Gasteiger partial charge in [0.2, 0.25) is 11.8 Å². The van der Waals surface area contributed by atoms with Crippen LogP contribution in [0.15, 0.2) is 83.8 Å². The Labute approximate surface area is 300 Å². The van der Waals surface area contributed by atoms with E-state index in [0.29, 0.717) is 21.5 Å². The number of amides is 1. The minimum absolute atomic E-state index is 0.0984. The maximum absolute atomic E-state index is 11.8. The molecule has 12 nitrogen and oxygen atoms in total. The molecule has 0 aliphatic rings. The summed E-state index contributed by atoms with van der Waals surface area (Å²) in [4.78, 5) is 34.7. The van der Waals surface area contributed by atoms with Crippen LogP contribution in [0.5, 0.6) is 11.8 Å². The van der Waals surface area contributed by atoms with Gasteiger partial charge in [-0.1, -0.05) is 60.7 Å². The van der Waals surface area contributed by atoms with Gasteiger partial charge >= 0.3 is 5.97 Å². The Bertz CT molecular complexity index is 2270. The second-order valence-electron chi connectivity index (χ2n) is 10.8. The number of aryl methyl sites for hydroxylation is 2. The zero-order valence-electron chi connectivity index (χ0n) is 26.5. The van der Waals surface area contributed by atoms with Crippen LogP contribution in [0.3, 0.4) is 0 Å². The summed E-state index contributed by atoms with van der Waals surface area (Å²) in [5.74, 6) is -1.17. The van der Waals surface area contributed by atoms with E-state index >= 15 is 0 Å². The van der Waals surface area contributed by atoms with Gasteiger partial charge in [-0.25, -0.2) is 23.8 Å². The number of carbonyl (C=O) groups is 2. The van der Waals surface area contributed by atoms with E-state index in [9.17, 15) is 14.7 Å². The lowest BCUT2D eigenvalue weighted by Gasteiger charge is -2.04. The van der Waals surface area contributed by atoms with E-state index in [1.165, 1.54) is 11.3 Å². The van der Waals surface area contributed by atoms with Crippen LogP contribution in [-0.4, -0.2) is 46.2 Å². The van der Waals surface area contributed by atoms with Crippen molar-refractivity contribution in [1.29, 1.82) is 0 Å². The first kappa shape index (κ1) is 33.1. The molecule has 0 fully saturated rings. The highest BCUT2D eigenvalue weighted by molar-refractivity contribution is 7.19. The van der Waals surface area contributed by atoms with Gasteiger partial charge in [-0.05, 0) is 25.0 Å². The molecule has 8 aromatic rings. The van der Waals surface area contributed by atoms with Crippen LogP contribution in [-0.2, 0) is 13.2 Å². The van der Waals surface area contributed by atoms with Crippen LogP contribution in [0.1, 0.15) is 41.9 Å². The number of aromatic carboxylic acids is 1. The fourth-order valence-corrected chi connectivity index (χ4v) is 8.83. The Morgan fingerprint density at radius 3 is 1.60 bits per heavy atom. The molecular weight excluding hydrogens is 715 g/mol. The number of primary amides is 1. The van der Waals surface area contributed by atoms with Crippen molar-refractivity contribution in [3.8, 4) is 32.9 Å². The Balaban J connectivity index is 0.000000157. The molecule has 16 heteroatoms. The number of carboxylic acids is 1. The van der Waals surface area contributed by atoms with Crippen molar-refractivity contribution in [2.45, 2.75) is 27.1 Å². The standard InChI is InChI=1S/C17H14N4O2S2.C17H13N3O3S2/c1-10-12(17-21(20-10)7-8-24-17)16-19-15(13(25-16)14(18)22)23-9-11-5-3-2-4-6-11;1-10-12(16-20(19-10)7-8-24-16)15-18-14(13(25-15)17(21)22)23-9-11-5-3-2-4-6-11/h2-8H,9H2,1H3,(H2,18,22);2-8H,9H2,1H3,(H,21,22). The van der Waals surface area contributed by atoms with Gasteiger partial charge in [-0.3, -0.25) is 4.79 Å². The van der Waals surface area contributed by atoms with E-state index in [-0.39, 0.29) is 23.2 Å². The van der Waals surface area contributed by atoms with Gasteiger partial charge in [-0.15, -0.1) is 45.3 Å². The number of hydrogen-bond donors (Lipinski definition) is 2. The zero-order valence-corrected chi connectivity index (χ0v) is 29.7. The fourth-order valence-electron chi connectivity index (χ4n) is 5.04. The van der Waals surface area contributed by atoms with Gasteiger partial charge in [0.15, 0.2) is 9.75 Å². The molecule has 3 N–H and O–H groups in total. The van der Waals surface area contributed by atoms with E-state index < -0.39 is 11.9 Å². The summed E-state index contributed by atoms with van der Waals surface area (Å²) < 4.78 is 15.1. The van der Waals surface area contributed by atoms with Crippen LogP contribution in [0.2, 0.25) is 0 Å². The van der Waals surface area contributed by atoms with Crippen molar-refractivity contribution in [2.75, 3.05) is 0 Å². The molecule has 0 bridgehead atoms. The monoisotopic (exact) mass is 741 g/mol. The summed E-state index contributed by atoms with van der Waals surface area (Å²) >= 11 is 5.46. The van der Waals surface area contributed by atoms with Gasteiger partial charge in [0, 0.05) is 23.2 Å². The topological polar surface area (TPSA) is 159 Å². The third-order valence-electron chi connectivity index (χ3n) is 7.32. The lowest BCUT2D eigenvalue weighted by Crippen LogP contribution is -2.11. The summed E-state index contributed by atoms with van der Waals surface area (Å²) in [6, 6.07) is 19.3. The minimum Gasteiger partial charge on any atom is -0.477 e. The predicted molar refractivity (Wildman–Crippen MR) is 195 cm³/mol. The molecule has 0 saturated carbocycles. The fraction of sp³-hybridized carbons (Fsp3) is 0.118. The molecule has 8 rings (SSSR count). The molecule has 50 heavy (non-hydrogen) atoms. The van der Waals surface area contributed by atoms with Crippen LogP contribution in [0.25, 0.3) is 30.8 Å². The number of carboxylic acid groups (broad SMARTS) is 1. The molecule has 0 radical (unpaired) electrons. The molecular formula is C34H27N7O5S4. The molecule has 0 aliphatic carbocycles. The van der Waals surface area contributed by atoms with E-state index in [4.69, 9.17) is 15.2 Å². The van der Waals surface area contributed by atoms with Crippen molar-refractivity contribution in [3.05, 3.63) is 116 Å². The maximum Gasteiger partial charge on any atom is 0.351 e. The first-order valence-electron chi connectivity index (χ1n) is 15.0. The lowest BCUT2D eigenvalue weighted by atomic mass is 10.2. The summed E-state index contributed by atoms with van der Waals surface area (Å²) in [7, 11) is 0. The molecule has 0 atom stereocenters. The first-order chi connectivity index (χ1) is 24.3. The Hall–Kier alpha value is -5.42. The normalized spacial score (nSPS) is 11.1. The molecule has 2 aromatic carbocycles. The zero-order chi connectivity index (χ0) is 34.8. The largest absolute Gasteiger partial charge is 0.477 e. The molecule has 0 unspecified atom stereocenters. The summed E-state index contributed by atoms with van der Waals surface area (Å²) in [6.45, 7) is 4.41. The van der Waals surface area contributed by atoms with Crippen molar-refractivity contribution >= 4 is 66.9 Å². The Morgan fingerprint density at radius 2 is 1.16 bits per heavy atom. The highest BCUT2D eigenvalue weighted by Gasteiger charge is 2.25. The average molecular weight is 742 g/mol. The minimum atomic E-state index is -1.04. The number of thiazole rings is 4. The van der Waals surface area contributed by atoms with Crippen LogP contribution in [0, 0.1) is 13.8 Å². The molecule has 1 amide bonds. The second-order valence-corrected chi connectivity index (χ2v) is 14.5. The Morgan fingerprint density at radius 1 is 0.720 bits per heavy atom. The van der Waals surface area contributed by atoms with Crippen LogP contribution in [0.4, 0.5) is 0 Å². The van der Waals surface area contributed by atoms with Crippen molar-refractivity contribution in [1.82, 2.24) is 29.2 Å². The number of carbonyl (C=O) groups excluding carboxylic acids is 1. The van der Waals surface area contributed by atoms with Crippen molar-refractivity contribution < 1.29 is 24.2 Å². The van der Waals surface area contributed by atoms with Gasteiger partial charge in [0.25, 0.3) is 5.91 Å². The van der Waals surface area contributed by atoms with Gasteiger partial charge in [0.1, 0.15) is 32.9 Å². The average Bonchev–Trinajstić information content (AvgIpc) is 3.95. The third kappa shape index (κ3) is 6.73. The van der Waals surface area contributed by atoms with Crippen molar-refractivity contribution in [3.63, 3.8) is 0 Å². The van der Waals surface area contributed by atoms with E-state index in [2.05, 4.69) is 20.2 Å². The number of fused-ring (bicyclic) bond motifs is 2. The number of benzene rings is 2. The molecule has 0 saturated heterocycles. The maximum atomic E-state index is 11.8. The number of nitrogens with zero attached hydrogens (tertiary/aromatic N) is 6. The van der Waals surface area contributed by atoms with Gasteiger partial charge < -0.3 is 20.3 Å². The van der Waals surface area contributed by atoms with Gasteiger partial charge in [-0.2, -0.15) is 10.2 Å². The smallest absolute Gasteiger partial charge is 0.351 e. The lowest BCUT2D eigenvalue weighted by molar-refractivity contribution is 0.0696. The molecule has 0 spiro atoms. The van der Waals surface area contributed by atoms with Crippen molar-refractivity contribution in [2.24, 2.45) is 5.73 Å². The molecule has 0 aliphatic heterocycles. The summed E-state index contributed by atoms with van der Waals surface area (Å²) in [5.41, 5.74) is 10.9. The van der Waals surface area contributed by atoms with Gasteiger partial charge in [0.05, 0.1) is 22.5 Å². The highest BCUT2D eigenvalue weighted by atomic mass is 32.1. The van der Waals surface area contributed by atoms with Crippen LogP contribution >= 0.6 is 45.3 Å². The molecule has 252 valence electrons. The Kier molecular flexibility index (Phi) is 9.40. The number of ether oxygens (including phenoxy) is 2. The van der Waals surface area contributed by atoms with Crippen LogP contribution < -0.4 is 15.2 Å². The second kappa shape index (κ2) is 14.2. The quantitative estimate of drug-likeness (QED) is 0.144. The number of aromatic nitrogens is 6. The third-order valence-corrected chi connectivity index (χ3v) is 11.2. The highest BCUT2D eigenvalue weighted by Crippen LogP contribution is 2.39. The SMILES string of the molecule is Cc1nn2ccsc2c1-c1nc(OCc2ccccc2)c(C(=O)O)s1.Cc1nn2ccsc2c1-c1nc(OCc2ccccc2)c(C(N)=O)s1. The molecule has 6 heterocycles. The van der Waals surface area contributed by atoms with E-state index in [0.717, 1.165) is 54.6 Å². The van der Waals surface area contributed by atoms with E-state index in [1.807, 2.05) is 102 Å². The number of rotatable bonds is 10. The number of nitrogens with two attached hydrogens (primary N) is 1.